The Balaban J connectivity index is 3.25. The molecule has 0 saturated carbocycles. The maximum absolute atomic E-state index is 9.53. The van der Waals surface area contributed by atoms with Crippen LogP contribution in [0.1, 0.15) is 5.56 Å². The van der Waals surface area contributed by atoms with Crippen LogP contribution in [0, 0.1) is 0 Å². The van der Waals surface area contributed by atoms with E-state index in [1.54, 1.807) is 6.08 Å². The van der Waals surface area contributed by atoms with Crippen LogP contribution in [0.15, 0.2) is 15.5 Å². The van der Waals surface area contributed by atoms with Gasteiger partial charge in [-0.05, 0) is 37.9 Å². The highest BCUT2D eigenvalue weighted by Crippen LogP contribution is 2.35. The summed E-state index contributed by atoms with van der Waals surface area (Å²) < 4.78 is 5.50. The number of hydrogen-bond donors (Lipinski definition) is 2. The summed E-state index contributed by atoms with van der Waals surface area (Å²) in [6, 6.07) is 2.85. The normalized spacial score (nSPS) is 9.64. The van der Waals surface area contributed by atoms with Gasteiger partial charge in [0.05, 0.1) is 16.1 Å². The van der Waals surface area contributed by atoms with Crippen LogP contribution in [-0.2, 0) is 0 Å². The van der Waals surface area contributed by atoms with Crippen LogP contribution in [0.3, 0.4) is 0 Å². The molecule has 0 aliphatic carbocycles. The second-order valence-corrected chi connectivity index (χ2v) is 5.29. The quantitative estimate of drug-likeness (QED) is 0.878. The zero-order valence-corrected chi connectivity index (χ0v) is 10.5. The molecular formula is C9H8Br2O3. The van der Waals surface area contributed by atoms with Crippen molar-refractivity contribution in [3.8, 4) is 17.2 Å². The van der Waals surface area contributed by atoms with E-state index in [4.69, 9.17) is 4.74 Å². The summed E-state index contributed by atoms with van der Waals surface area (Å²) in [5.41, 5.74) is 0.328. The largest absolute Gasteiger partial charge is 0.507 e. The lowest BCUT2D eigenvalue weighted by Crippen LogP contribution is -1.84. The van der Waals surface area contributed by atoms with Crippen LogP contribution in [0.2, 0.25) is 0 Å². The molecule has 1 rings (SSSR count). The van der Waals surface area contributed by atoms with Crippen molar-refractivity contribution in [3.05, 3.63) is 21.1 Å². The zero-order valence-electron chi connectivity index (χ0n) is 7.29. The Morgan fingerprint density at radius 1 is 1.29 bits per heavy atom. The van der Waals surface area contributed by atoms with E-state index in [0.717, 1.165) is 0 Å². The van der Waals surface area contributed by atoms with E-state index in [9.17, 15) is 10.2 Å². The second kappa shape index (κ2) is 4.70. The fourth-order valence-corrected chi connectivity index (χ4v) is 1.43. The van der Waals surface area contributed by atoms with Gasteiger partial charge in [0.2, 0.25) is 0 Å². The molecule has 2 N–H and O–H groups in total. The van der Waals surface area contributed by atoms with E-state index >= 15 is 0 Å². The van der Waals surface area contributed by atoms with Crippen molar-refractivity contribution >= 4 is 37.9 Å². The van der Waals surface area contributed by atoms with Gasteiger partial charge in [0, 0.05) is 12.1 Å². The molecule has 0 amide bonds. The molecule has 76 valence electrons. The molecule has 14 heavy (non-hydrogen) atoms. The van der Waals surface area contributed by atoms with Crippen molar-refractivity contribution < 1.29 is 14.9 Å². The molecule has 0 saturated heterocycles. The van der Waals surface area contributed by atoms with E-state index in [0.29, 0.717) is 14.7 Å². The molecule has 0 radical (unpaired) electrons. The van der Waals surface area contributed by atoms with Gasteiger partial charge in [-0.25, -0.2) is 0 Å². The van der Waals surface area contributed by atoms with Gasteiger partial charge < -0.3 is 14.9 Å². The minimum atomic E-state index is -0.0433. The van der Waals surface area contributed by atoms with E-state index < -0.39 is 0 Å². The standard InChI is InChI=1S/C9H8Br2O3/c1-14-5-2-7(12)6(4-9(10)11)8(13)3-5/h2-4,12-13H,1H3. The Morgan fingerprint density at radius 3 is 2.14 bits per heavy atom. The van der Waals surface area contributed by atoms with E-state index in [1.165, 1.54) is 19.2 Å². The number of aromatic hydroxyl groups is 2. The molecule has 0 aliphatic heterocycles. The zero-order chi connectivity index (χ0) is 10.7. The van der Waals surface area contributed by atoms with Gasteiger partial charge in [0.15, 0.2) is 0 Å². The van der Waals surface area contributed by atoms with Crippen LogP contribution in [0.25, 0.3) is 6.08 Å². The summed E-state index contributed by atoms with van der Waals surface area (Å²) in [5, 5.41) is 19.1. The van der Waals surface area contributed by atoms with Crippen molar-refractivity contribution in [1.82, 2.24) is 0 Å². The summed E-state index contributed by atoms with van der Waals surface area (Å²) in [5.74, 6) is 0.319. The molecule has 5 heteroatoms. The number of ether oxygens (including phenoxy) is 1. The van der Waals surface area contributed by atoms with Gasteiger partial charge in [-0.2, -0.15) is 0 Å². The van der Waals surface area contributed by atoms with Gasteiger partial charge in [-0.15, -0.1) is 0 Å². The summed E-state index contributed by atoms with van der Waals surface area (Å²) in [6.45, 7) is 0. The Hall–Kier alpha value is -0.680. The first kappa shape index (κ1) is 11.4. The number of hydrogen-bond acceptors (Lipinski definition) is 3. The van der Waals surface area contributed by atoms with Crippen molar-refractivity contribution in [2.24, 2.45) is 0 Å². The topological polar surface area (TPSA) is 49.7 Å². The Bertz CT molecular complexity index is 347. The van der Waals surface area contributed by atoms with Crippen LogP contribution in [-0.4, -0.2) is 17.3 Å². The average Bonchev–Trinajstić information content (AvgIpc) is 2.10. The molecule has 0 aromatic heterocycles. The number of phenols is 2. The van der Waals surface area contributed by atoms with Crippen molar-refractivity contribution in [3.63, 3.8) is 0 Å². The van der Waals surface area contributed by atoms with Gasteiger partial charge in [-0.1, -0.05) is 0 Å². The minimum absolute atomic E-state index is 0.0433. The number of phenolic OH excluding ortho intramolecular Hbond substituents is 2. The van der Waals surface area contributed by atoms with E-state index in [2.05, 4.69) is 31.9 Å². The third-order valence-electron chi connectivity index (χ3n) is 1.60. The smallest absolute Gasteiger partial charge is 0.130 e. The fraction of sp³-hybridized carbons (Fsp3) is 0.111. The van der Waals surface area contributed by atoms with Crippen molar-refractivity contribution in [2.75, 3.05) is 7.11 Å². The second-order valence-electron chi connectivity index (χ2n) is 2.51. The molecule has 3 nitrogen and oxygen atoms in total. The number of benzene rings is 1. The highest BCUT2D eigenvalue weighted by Gasteiger charge is 2.08. The average molecular weight is 324 g/mol. The van der Waals surface area contributed by atoms with Crippen LogP contribution < -0.4 is 4.74 Å². The van der Waals surface area contributed by atoms with Gasteiger partial charge >= 0.3 is 0 Å². The predicted molar refractivity (Wildman–Crippen MR) is 62.2 cm³/mol. The van der Waals surface area contributed by atoms with Crippen LogP contribution in [0.5, 0.6) is 17.2 Å². The Kier molecular flexibility index (Phi) is 3.83. The van der Waals surface area contributed by atoms with Gasteiger partial charge in [0.1, 0.15) is 17.2 Å². The number of methoxy groups -OCH3 is 1. The Labute approximate surface area is 98.3 Å². The number of halogens is 2. The molecule has 0 bridgehead atoms. The summed E-state index contributed by atoms with van der Waals surface area (Å²) >= 11 is 6.28. The van der Waals surface area contributed by atoms with Crippen molar-refractivity contribution in [2.45, 2.75) is 0 Å². The maximum Gasteiger partial charge on any atom is 0.130 e. The monoisotopic (exact) mass is 322 g/mol. The summed E-state index contributed by atoms with van der Waals surface area (Å²) in [7, 11) is 1.46. The lowest BCUT2D eigenvalue weighted by molar-refractivity contribution is 0.397. The molecule has 1 aromatic carbocycles. The van der Waals surface area contributed by atoms with Crippen molar-refractivity contribution in [1.29, 1.82) is 0 Å². The molecule has 0 heterocycles. The van der Waals surface area contributed by atoms with Crippen LogP contribution in [0.4, 0.5) is 0 Å². The number of rotatable bonds is 2. The summed E-state index contributed by atoms with van der Waals surface area (Å²) in [6.07, 6.45) is 1.55. The Morgan fingerprint density at radius 2 is 1.79 bits per heavy atom. The van der Waals surface area contributed by atoms with Gasteiger partial charge in [-0.3, -0.25) is 0 Å². The van der Waals surface area contributed by atoms with E-state index in [-0.39, 0.29) is 11.5 Å². The lowest BCUT2D eigenvalue weighted by atomic mass is 10.1. The first-order valence-corrected chi connectivity index (χ1v) is 5.26. The van der Waals surface area contributed by atoms with Crippen LogP contribution >= 0.6 is 31.9 Å². The fourth-order valence-electron chi connectivity index (χ4n) is 0.973. The highest BCUT2D eigenvalue weighted by atomic mass is 79.9. The SMILES string of the molecule is COc1cc(O)c(C=C(Br)Br)c(O)c1. The van der Waals surface area contributed by atoms with E-state index in [1.807, 2.05) is 0 Å². The molecule has 1 aromatic rings. The van der Waals surface area contributed by atoms with Gasteiger partial charge in [0.25, 0.3) is 0 Å². The third kappa shape index (κ3) is 2.65. The molecule has 0 spiro atoms. The third-order valence-corrected chi connectivity index (χ3v) is 2.06. The molecule has 0 atom stereocenters. The lowest BCUT2D eigenvalue weighted by Gasteiger charge is -2.06. The first-order valence-electron chi connectivity index (χ1n) is 3.67. The first-order chi connectivity index (χ1) is 6.54. The predicted octanol–water partition coefficient (Wildman–Crippen LogP) is 3.19. The minimum Gasteiger partial charge on any atom is -0.507 e. The molecule has 0 unspecified atom stereocenters. The summed E-state index contributed by atoms with van der Waals surface area (Å²) in [4.78, 5) is 0. The maximum atomic E-state index is 9.53. The highest BCUT2D eigenvalue weighted by molar-refractivity contribution is 9.28. The molecule has 0 fully saturated rings. The molecule has 0 aliphatic rings. The molecular weight excluding hydrogens is 316 g/mol.